The first-order chi connectivity index (χ1) is 23.5. The summed E-state index contributed by atoms with van der Waals surface area (Å²) in [7, 11) is 0. The van der Waals surface area contributed by atoms with E-state index in [9.17, 15) is 9.59 Å². The zero-order chi connectivity index (χ0) is 35.4. The molecule has 0 bridgehead atoms. The first-order valence-electron chi connectivity index (χ1n) is 21.1. The molecular weight excluding hydrogens is 606 g/mol. The molecule has 6 nitrogen and oxygen atoms in total. The standard InChI is InChI=1S/C43H77N3O3/c1-32(2)16-15-17-33(3)37-21-22-38-36-20-19-34-30-35(23-25-42(34,4)39(36)24-26-43(37,38)5)49-41(48)31-46(40(47)18-11-10-13-28-45)29-14-9-7-6-8-12-27-44/h19,32-33,35-39H,6-18,20-31,44-45H2,1-5H3/t33?,35-,36-,37+,38-,39-,42-,43+/m0/s1. The average molecular weight is 684 g/mol. The molecule has 49 heavy (non-hydrogen) atoms. The second kappa shape index (κ2) is 19.4. The Labute approximate surface area is 301 Å². The molecule has 4 rings (SSSR count). The number of unbranched alkanes of at least 4 members (excludes halogenated alkanes) is 7. The fraction of sp³-hybridized carbons (Fsp3) is 0.907. The van der Waals surface area contributed by atoms with Crippen molar-refractivity contribution in [2.75, 3.05) is 26.2 Å². The maximum atomic E-state index is 13.4. The van der Waals surface area contributed by atoms with Crippen molar-refractivity contribution in [2.45, 2.75) is 176 Å². The number of ether oxygens (including phenoxy) is 1. The fourth-order valence-electron chi connectivity index (χ4n) is 11.3. The lowest BCUT2D eigenvalue weighted by Gasteiger charge is -2.58. The van der Waals surface area contributed by atoms with Crippen LogP contribution in [0.3, 0.4) is 0 Å². The highest BCUT2D eigenvalue weighted by molar-refractivity contribution is 5.82. The van der Waals surface area contributed by atoms with Crippen LogP contribution in [0.5, 0.6) is 0 Å². The Morgan fingerprint density at radius 2 is 1.53 bits per heavy atom. The van der Waals surface area contributed by atoms with Gasteiger partial charge in [-0.1, -0.05) is 97.6 Å². The van der Waals surface area contributed by atoms with Crippen molar-refractivity contribution in [1.82, 2.24) is 4.90 Å². The van der Waals surface area contributed by atoms with Gasteiger partial charge < -0.3 is 21.1 Å². The Kier molecular flexibility index (Phi) is 16.0. The van der Waals surface area contributed by atoms with Gasteiger partial charge in [-0.2, -0.15) is 0 Å². The van der Waals surface area contributed by atoms with Gasteiger partial charge in [0.05, 0.1) is 0 Å². The molecule has 1 unspecified atom stereocenters. The van der Waals surface area contributed by atoms with E-state index < -0.39 is 0 Å². The van der Waals surface area contributed by atoms with Crippen LogP contribution in [0, 0.1) is 46.3 Å². The van der Waals surface area contributed by atoms with Crippen molar-refractivity contribution < 1.29 is 14.3 Å². The van der Waals surface area contributed by atoms with Crippen molar-refractivity contribution in [3.8, 4) is 0 Å². The lowest BCUT2D eigenvalue weighted by Crippen LogP contribution is -2.51. The minimum absolute atomic E-state index is 0.0659. The van der Waals surface area contributed by atoms with E-state index in [0.717, 1.165) is 106 Å². The number of carbonyl (C=O) groups is 2. The molecular formula is C43H77N3O3. The number of hydrogen-bond acceptors (Lipinski definition) is 5. The first-order valence-corrected chi connectivity index (χ1v) is 21.1. The molecule has 4 aliphatic rings. The van der Waals surface area contributed by atoms with Gasteiger partial charge in [0, 0.05) is 19.4 Å². The highest BCUT2D eigenvalue weighted by Gasteiger charge is 2.59. The number of carbonyl (C=O) groups excluding carboxylic acids is 2. The Hall–Kier alpha value is -1.40. The zero-order valence-electron chi connectivity index (χ0n) is 32.6. The normalized spacial score (nSPS) is 31.4. The van der Waals surface area contributed by atoms with E-state index in [1.54, 1.807) is 10.5 Å². The third-order valence-corrected chi connectivity index (χ3v) is 14.2. The van der Waals surface area contributed by atoms with Gasteiger partial charge in [0.2, 0.25) is 5.91 Å². The van der Waals surface area contributed by atoms with Gasteiger partial charge in [-0.25, -0.2) is 0 Å². The van der Waals surface area contributed by atoms with Crippen molar-refractivity contribution in [3.05, 3.63) is 11.6 Å². The molecule has 0 aliphatic heterocycles. The van der Waals surface area contributed by atoms with E-state index in [1.807, 2.05) is 0 Å². The van der Waals surface area contributed by atoms with Gasteiger partial charge in [-0.15, -0.1) is 0 Å². The first kappa shape index (κ1) is 40.4. The molecule has 8 atom stereocenters. The van der Waals surface area contributed by atoms with Gasteiger partial charge in [-0.05, 0) is 130 Å². The molecule has 0 saturated heterocycles. The van der Waals surface area contributed by atoms with E-state index in [-0.39, 0.29) is 29.9 Å². The minimum Gasteiger partial charge on any atom is -0.461 e. The Balaban J connectivity index is 1.31. The summed E-state index contributed by atoms with van der Waals surface area (Å²) in [6.45, 7) is 14.7. The summed E-state index contributed by atoms with van der Waals surface area (Å²) in [5.74, 6) is 4.83. The molecule has 3 saturated carbocycles. The molecule has 282 valence electrons. The summed E-state index contributed by atoms with van der Waals surface area (Å²) in [4.78, 5) is 28.3. The van der Waals surface area contributed by atoms with Gasteiger partial charge in [0.25, 0.3) is 0 Å². The van der Waals surface area contributed by atoms with E-state index in [4.69, 9.17) is 16.2 Å². The van der Waals surface area contributed by atoms with Crippen LogP contribution >= 0.6 is 0 Å². The van der Waals surface area contributed by atoms with Crippen LogP contribution in [-0.4, -0.2) is 49.1 Å². The van der Waals surface area contributed by atoms with Crippen molar-refractivity contribution in [2.24, 2.45) is 57.8 Å². The molecule has 0 aromatic heterocycles. The van der Waals surface area contributed by atoms with Crippen LogP contribution in [0.1, 0.15) is 169 Å². The summed E-state index contributed by atoms with van der Waals surface area (Å²) in [6, 6.07) is 0. The molecule has 0 aromatic rings. The van der Waals surface area contributed by atoms with Crippen LogP contribution in [-0.2, 0) is 14.3 Å². The number of nitrogens with two attached hydrogens (primary N) is 2. The lowest BCUT2D eigenvalue weighted by atomic mass is 9.47. The predicted molar refractivity (Wildman–Crippen MR) is 204 cm³/mol. The summed E-state index contributed by atoms with van der Waals surface area (Å²) in [6.07, 6.45) is 26.2. The third kappa shape index (κ3) is 10.6. The second-order valence-corrected chi connectivity index (χ2v) is 18.0. The number of nitrogens with zero attached hydrogens (tertiary/aromatic N) is 1. The van der Waals surface area contributed by atoms with E-state index in [2.05, 4.69) is 40.7 Å². The largest absolute Gasteiger partial charge is 0.461 e. The highest BCUT2D eigenvalue weighted by atomic mass is 16.5. The summed E-state index contributed by atoms with van der Waals surface area (Å²) in [5.41, 5.74) is 13.6. The summed E-state index contributed by atoms with van der Waals surface area (Å²) >= 11 is 0. The molecule has 6 heteroatoms. The predicted octanol–water partition coefficient (Wildman–Crippen LogP) is 9.59. The number of amides is 1. The number of rotatable bonds is 21. The van der Waals surface area contributed by atoms with Gasteiger partial charge >= 0.3 is 5.97 Å². The minimum atomic E-state index is -0.228. The molecule has 3 fully saturated rings. The Morgan fingerprint density at radius 1 is 0.837 bits per heavy atom. The average Bonchev–Trinajstić information content (AvgIpc) is 3.43. The van der Waals surface area contributed by atoms with Crippen molar-refractivity contribution >= 4 is 11.9 Å². The molecule has 0 aromatic carbocycles. The molecule has 4 aliphatic carbocycles. The SMILES string of the molecule is CC(C)CCCC(C)[C@H]1CC[C@H]2[C@@H]3CC=C4C[C@@H](OC(=O)CN(CCCCCCCCN)C(=O)CCCCCN)CC[C@]4(C)[C@H]3CC[C@]12C. The van der Waals surface area contributed by atoms with Crippen LogP contribution in [0.25, 0.3) is 0 Å². The van der Waals surface area contributed by atoms with E-state index >= 15 is 0 Å². The van der Waals surface area contributed by atoms with E-state index in [0.29, 0.717) is 24.9 Å². The maximum absolute atomic E-state index is 13.4. The Bertz CT molecular complexity index is 1060. The smallest absolute Gasteiger partial charge is 0.325 e. The second-order valence-electron chi connectivity index (χ2n) is 18.0. The van der Waals surface area contributed by atoms with Gasteiger partial charge in [-0.3, -0.25) is 9.59 Å². The molecule has 4 N–H and O–H groups in total. The summed E-state index contributed by atoms with van der Waals surface area (Å²) in [5, 5.41) is 0. The zero-order valence-corrected chi connectivity index (χ0v) is 32.6. The van der Waals surface area contributed by atoms with Crippen molar-refractivity contribution in [3.63, 3.8) is 0 Å². The van der Waals surface area contributed by atoms with E-state index in [1.165, 1.54) is 64.2 Å². The molecule has 1 amide bonds. The van der Waals surface area contributed by atoms with Gasteiger partial charge in [0.1, 0.15) is 12.6 Å². The van der Waals surface area contributed by atoms with Gasteiger partial charge in [0.15, 0.2) is 0 Å². The molecule has 0 heterocycles. The highest BCUT2D eigenvalue weighted by Crippen LogP contribution is 2.67. The maximum Gasteiger partial charge on any atom is 0.325 e. The third-order valence-electron chi connectivity index (χ3n) is 14.2. The Morgan fingerprint density at radius 3 is 2.24 bits per heavy atom. The van der Waals surface area contributed by atoms with Crippen LogP contribution in [0.15, 0.2) is 11.6 Å². The van der Waals surface area contributed by atoms with Crippen LogP contribution < -0.4 is 11.5 Å². The number of esters is 1. The lowest BCUT2D eigenvalue weighted by molar-refractivity contribution is -0.156. The van der Waals surface area contributed by atoms with Crippen LogP contribution in [0.4, 0.5) is 0 Å². The number of fused-ring (bicyclic) bond motifs is 5. The van der Waals surface area contributed by atoms with Crippen LogP contribution in [0.2, 0.25) is 0 Å². The number of hydrogen-bond donors (Lipinski definition) is 2. The van der Waals surface area contributed by atoms with Crippen molar-refractivity contribution in [1.29, 1.82) is 0 Å². The molecule has 0 spiro atoms. The molecule has 0 radical (unpaired) electrons. The quantitative estimate of drug-likeness (QED) is 0.0713. The number of allylic oxidation sites excluding steroid dienone is 1. The summed E-state index contributed by atoms with van der Waals surface area (Å²) < 4.78 is 6.19. The topological polar surface area (TPSA) is 98.6 Å². The monoisotopic (exact) mass is 684 g/mol. The fourth-order valence-corrected chi connectivity index (χ4v) is 11.3.